The van der Waals surface area contributed by atoms with Crippen molar-refractivity contribution in [2.75, 3.05) is 25.0 Å². The molecule has 0 spiro atoms. The number of hydrogen-bond acceptors (Lipinski definition) is 2. The molecule has 0 bridgehead atoms. The van der Waals surface area contributed by atoms with Gasteiger partial charge in [0.05, 0.1) is 0 Å². The van der Waals surface area contributed by atoms with E-state index >= 15 is 0 Å². The summed E-state index contributed by atoms with van der Waals surface area (Å²) >= 11 is 0. The molecule has 1 aliphatic rings. The van der Waals surface area contributed by atoms with Gasteiger partial charge in [0.25, 0.3) is 0 Å². The number of likely N-dealkylation sites (N-methyl/N-ethyl adjacent to an activating group) is 1. The van der Waals surface area contributed by atoms with Crippen molar-refractivity contribution in [1.82, 2.24) is 4.90 Å². The van der Waals surface area contributed by atoms with E-state index < -0.39 is 0 Å². The van der Waals surface area contributed by atoms with E-state index in [1.165, 1.54) is 30.2 Å². The summed E-state index contributed by atoms with van der Waals surface area (Å²) in [6.07, 6.45) is 3.88. The van der Waals surface area contributed by atoms with E-state index in [1.54, 1.807) is 4.90 Å². The third-order valence-corrected chi connectivity index (χ3v) is 3.40. The third-order valence-electron chi connectivity index (χ3n) is 3.40. The Labute approximate surface area is 109 Å². The van der Waals surface area contributed by atoms with E-state index in [-0.39, 0.29) is 5.91 Å². The van der Waals surface area contributed by atoms with E-state index in [4.69, 9.17) is 0 Å². The van der Waals surface area contributed by atoms with Gasteiger partial charge in [0, 0.05) is 32.4 Å². The van der Waals surface area contributed by atoms with E-state index in [0.29, 0.717) is 6.54 Å². The van der Waals surface area contributed by atoms with Crippen LogP contribution in [-0.2, 0) is 11.3 Å². The minimum absolute atomic E-state index is 0.0359. The Morgan fingerprint density at radius 2 is 2.06 bits per heavy atom. The van der Waals surface area contributed by atoms with Crippen LogP contribution in [0.4, 0.5) is 5.69 Å². The summed E-state index contributed by atoms with van der Waals surface area (Å²) in [4.78, 5) is 15.6. The zero-order chi connectivity index (χ0) is 13.0. The molecule has 0 aromatic heterocycles. The highest BCUT2D eigenvalue weighted by molar-refractivity contribution is 5.86. The lowest BCUT2D eigenvalue weighted by Crippen LogP contribution is -2.26. The second-order valence-electron chi connectivity index (χ2n) is 4.72. The molecule has 1 heterocycles. The number of anilines is 1. The molecule has 1 saturated heterocycles. The summed E-state index contributed by atoms with van der Waals surface area (Å²) in [6.45, 7) is 6.40. The van der Waals surface area contributed by atoms with Crippen LogP contribution in [0.2, 0.25) is 0 Å². The molecule has 0 saturated carbocycles. The Balaban J connectivity index is 2.16. The Morgan fingerprint density at radius 1 is 1.39 bits per heavy atom. The van der Waals surface area contributed by atoms with Gasteiger partial charge >= 0.3 is 0 Å². The average molecular weight is 244 g/mol. The highest BCUT2D eigenvalue weighted by Gasteiger charge is 2.16. The van der Waals surface area contributed by atoms with Gasteiger partial charge in [0.15, 0.2) is 0 Å². The van der Waals surface area contributed by atoms with Gasteiger partial charge in [-0.2, -0.15) is 0 Å². The van der Waals surface area contributed by atoms with Gasteiger partial charge in [-0.05, 0) is 30.5 Å². The molecule has 1 aromatic carbocycles. The first-order valence-corrected chi connectivity index (χ1v) is 6.43. The van der Waals surface area contributed by atoms with E-state index in [9.17, 15) is 4.79 Å². The minimum Gasteiger partial charge on any atom is -0.371 e. The summed E-state index contributed by atoms with van der Waals surface area (Å²) < 4.78 is 0. The maximum Gasteiger partial charge on any atom is 0.245 e. The maximum atomic E-state index is 11.5. The quantitative estimate of drug-likeness (QED) is 0.759. The van der Waals surface area contributed by atoms with Gasteiger partial charge in [-0.1, -0.05) is 24.8 Å². The number of nitrogens with zero attached hydrogens (tertiary/aromatic N) is 2. The lowest BCUT2D eigenvalue weighted by atomic mass is 10.1. The Kier molecular flexibility index (Phi) is 4.03. The van der Waals surface area contributed by atoms with Crippen LogP contribution in [0.25, 0.3) is 0 Å². The fourth-order valence-corrected chi connectivity index (χ4v) is 2.40. The predicted molar refractivity (Wildman–Crippen MR) is 74.6 cm³/mol. The number of para-hydroxylation sites is 1. The minimum atomic E-state index is -0.0359. The molecule has 96 valence electrons. The van der Waals surface area contributed by atoms with Gasteiger partial charge in [0.1, 0.15) is 0 Å². The van der Waals surface area contributed by atoms with E-state index in [1.807, 2.05) is 13.1 Å². The van der Waals surface area contributed by atoms with Crippen LogP contribution in [0.1, 0.15) is 18.4 Å². The molecule has 1 aliphatic heterocycles. The van der Waals surface area contributed by atoms with Gasteiger partial charge < -0.3 is 9.80 Å². The molecular formula is C15H20N2O. The molecule has 1 aromatic rings. The van der Waals surface area contributed by atoms with Crippen molar-refractivity contribution >= 4 is 11.6 Å². The molecule has 0 radical (unpaired) electrons. The van der Waals surface area contributed by atoms with Crippen molar-refractivity contribution < 1.29 is 4.79 Å². The molecule has 3 heteroatoms. The molecule has 18 heavy (non-hydrogen) atoms. The summed E-state index contributed by atoms with van der Waals surface area (Å²) in [5.74, 6) is -0.0359. The Morgan fingerprint density at radius 3 is 2.72 bits per heavy atom. The lowest BCUT2D eigenvalue weighted by Gasteiger charge is -2.24. The third kappa shape index (κ3) is 2.73. The van der Waals surface area contributed by atoms with E-state index in [0.717, 1.165) is 13.1 Å². The van der Waals surface area contributed by atoms with Crippen LogP contribution >= 0.6 is 0 Å². The topological polar surface area (TPSA) is 23.6 Å². The highest BCUT2D eigenvalue weighted by atomic mass is 16.2. The number of carbonyl (C=O) groups excluding carboxylic acids is 1. The van der Waals surface area contributed by atoms with Crippen LogP contribution in [0, 0.1) is 0 Å². The standard InChI is InChI=1S/C15H20N2O/c1-3-15(18)16(2)12-13-8-4-5-9-14(13)17-10-6-7-11-17/h3-5,8-9H,1,6-7,10-12H2,2H3. The molecule has 1 fully saturated rings. The number of carbonyl (C=O) groups is 1. The van der Waals surface area contributed by atoms with Gasteiger partial charge in [-0.15, -0.1) is 0 Å². The maximum absolute atomic E-state index is 11.5. The molecule has 3 nitrogen and oxygen atoms in total. The molecule has 2 rings (SSSR count). The first-order chi connectivity index (χ1) is 8.72. The fourth-order valence-electron chi connectivity index (χ4n) is 2.40. The lowest BCUT2D eigenvalue weighted by molar-refractivity contribution is -0.125. The highest BCUT2D eigenvalue weighted by Crippen LogP contribution is 2.25. The average Bonchev–Trinajstić information content (AvgIpc) is 2.92. The first kappa shape index (κ1) is 12.7. The van der Waals surface area contributed by atoms with Crippen molar-refractivity contribution in [1.29, 1.82) is 0 Å². The zero-order valence-electron chi connectivity index (χ0n) is 10.9. The zero-order valence-corrected chi connectivity index (χ0v) is 10.9. The predicted octanol–water partition coefficient (Wildman–Crippen LogP) is 2.43. The van der Waals surface area contributed by atoms with Crippen molar-refractivity contribution in [2.45, 2.75) is 19.4 Å². The van der Waals surface area contributed by atoms with Crippen LogP contribution in [0.15, 0.2) is 36.9 Å². The molecule has 1 amide bonds. The van der Waals surface area contributed by atoms with Crippen LogP contribution in [0.3, 0.4) is 0 Å². The number of hydrogen-bond donors (Lipinski definition) is 0. The largest absolute Gasteiger partial charge is 0.371 e. The number of rotatable bonds is 4. The molecule has 0 N–H and O–H groups in total. The second kappa shape index (κ2) is 5.71. The second-order valence-corrected chi connectivity index (χ2v) is 4.72. The SMILES string of the molecule is C=CC(=O)N(C)Cc1ccccc1N1CCCC1. The number of amides is 1. The van der Waals surface area contributed by atoms with Crippen LogP contribution < -0.4 is 4.90 Å². The van der Waals surface area contributed by atoms with Crippen molar-refractivity contribution in [3.8, 4) is 0 Å². The normalized spacial score (nSPS) is 14.6. The fraction of sp³-hybridized carbons (Fsp3) is 0.400. The van der Waals surface area contributed by atoms with E-state index in [2.05, 4.69) is 29.7 Å². The van der Waals surface area contributed by atoms with Crippen molar-refractivity contribution in [3.05, 3.63) is 42.5 Å². The first-order valence-electron chi connectivity index (χ1n) is 6.43. The molecule has 0 atom stereocenters. The molecule has 0 unspecified atom stereocenters. The summed E-state index contributed by atoms with van der Waals surface area (Å²) in [5, 5.41) is 0. The molecular weight excluding hydrogens is 224 g/mol. The Bertz CT molecular complexity index is 436. The molecule has 0 aliphatic carbocycles. The van der Waals surface area contributed by atoms with Crippen LogP contribution in [-0.4, -0.2) is 30.9 Å². The van der Waals surface area contributed by atoms with Crippen molar-refractivity contribution in [2.24, 2.45) is 0 Å². The monoisotopic (exact) mass is 244 g/mol. The summed E-state index contributed by atoms with van der Waals surface area (Å²) in [7, 11) is 1.81. The van der Waals surface area contributed by atoms with Crippen LogP contribution in [0.5, 0.6) is 0 Å². The smallest absolute Gasteiger partial charge is 0.245 e. The van der Waals surface area contributed by atoms with Gasteiger partial charge in [-0.3, -0.25) is 4.79 Å². The Hall–Kier alpha value is -1.77. The summed E-state index contributed by atoms with van der Waals surface area (Å²) in [5.41, 5.74) is 2.47. The number of benzene rings is 1. The van der Waals surface area contributed by atoms with Gasteiger partial charge in [0.2, 0.25) is 5.91 Å². The van der Waals surface area contributed by atoms with Crippen molar-refractivity contribution in [3.63, 3.8) is 0 Å². The van der Waals surface area contributed by atoms with Gasteiger partial charge in [-0.25, -0.2) is 0 Å². The summed E-state index contributed by atoms with van der Waals surface area (Å²) in [6, 6.07) is 8.33.